The SMILES string of the molecule is Nc1nc(CCCl)[nH]c(=O)n1. The minimum atomic E-state index is -0.488. The highest BCUT2D eigenvalue weighted by atomic mass is 35.5. The number of hydrogen-bond donors (Lipinski definition) is 2. The van der Waals surface area contributed by atoms with Crippen LogP contribution in [0, 0.1) is 0 Å². The molecular formula is C5H7ClN4O. The number of nitrogens with two attached hydrogens (primary N) is 1. The molecule has 0 aliphatic carbocycles. The number of nitrogen functional groups attached to an aromatic ring is 1. The molecule has 0 amide bonds. The van der Waals surface area contributed by atoms with Crippen molar-refractivity contribution in [2.45, 2.75) is 6.42 Å². The molecule has 3 N–H and O–H groups in total. The van der Waals surface area contributed by atoms with Crippen LogP contribution in [-0.4, -0.2) is 20.8 Å². The Morgan fingerprint density at radius 2 is 2.27 bits per heavy atom. The molecule has 1 aromatic heterocycles. The highest BCUT2D eigenvalue weighted by molar-refractivity contribution is 6.17. The van der Waals surface area contributed by atoms with Gasteiger partial charge in [0.25, 0.3) is 0 Å². The third-order valence-electron chi connectivity index (χ3n) is 1.05. The molecule has 0 saturated heterocycles. The Labute approximate surface area is 67.6 Å². The van der Waals surface area contributed by atoms with E-state index < -0.39 is 5.69 Å². The smallest absolute Gasteiger partial charge is 0.349 e. The molecule has 0 spiro atoms. The summed E-state index contributed by atoms with van der Waals surface area (Å²) in [7, 11) is 0. The number of hydrogen-bond acceptors (Lipinski definition) is 4. The summed E-state index contributed by atoms with van der Waals surface area (Å²) in [6.45, 7) is 0. The van der Waals surface area contributed by atoms with Gasteiger partial charge in [-0.25, -0.2) is 4.79 Å². The fourth-order valence-corrected chi connectivity index (χ4v) is 0.834. The fourth-order valence-electron chi connectivity index (χ4n) is 0.655. The van der Waals surface area contributed by atoms with Crippen LogP contribution < -0.4 is 11.4 Å². The molecule has 0 aliphatic rings. The molecule has 0 bridgehead atoms. The van der Waals surface area contributed by atoms with Crippen molar-refractivity contribution < 1.29 is 0 Å². The summed E-state index contributed by atoms with van der Waals surface area (Å²) in [5, 5.41) is 0. The molecule has 0 fully saturated rings. The Bertz CT molecular complexity index is 297. The second kappa shape index (κ2) is 3.34. The monoisotopic (exact) mass is 174 g/mol. The third kappa shape index (κ3) is 2.19. The first-order valence-electron chi connectivity index (χ1n) is 3.01. The van der Waals surface area contributed by atoms with Crippen LogP contribution in [0.2, 0.25) is 0 Å². The van der Waals surface area contributed by atoms with E-state index in [-0.39, 0.29) is 5.95 Å². The van der Waals surface area contributed by atoms with E-state index >= 15 is 0 Å². The third-order valence-corrected chi connectivity index (χ3v) is 1.24. The number of aromatic amines is 1. The molecular weight excluding hydrogens is 168 g/mol. The minimum absolute atomic E-state index is 0.0196. The van der Waals surface area contributed by atoms with E-state index in [4.69, 9.17) is 17.3 Å². The van der Waals surface area contributed by atoms with Gasteiger partial charge in [0.05, 0.1) is 0 Å². The van der Waals surface area contributed by atoms with Crippen molar-refractivity contribution in [1.82, 2.24) is 15.0 Å². The number of rotatable bonds is 2. The first kappa shape index (κ1) is 8.00. The lowest BCUT2D eigenvalue weighted by molar-refractivity contribution is 0.879. The number of aromatic nitrogens is 3. The van der Waals surface area contributed by atoms with Crippen LogP contribution in [0.4, 0.5) is 5.95 Å². The van der Waals surface area contributed by atoms with E-state index in [1.54, 1.807) is 0 Å². The van der Waals surface area contributed by atoms with Crippen molar-refractivity contribution in [3.05, 3.63) is 16.3 Å². The van der Waals surface area contributed by atoms with Gasteiger partial charge < -0.3 is 5.73 Å². The Balaban J connectivity index is 2.99. The summed E-state index contributed by atoms with van der Waals surface area (Å²) >= 11 is 5.42. The Morgan fingerprint density at radius 3 is 2.82 bits per heavy atom. The second-order valence-corrected chi connectivity index (χ2v) is 2.28. The van der Waals surface area contributed by atoms with Gasteiger partial charge in [-0.05, 0) is 0 Å². The predicted molar refractivity (Wildman–Crippen MR) is 41.5 cm³/mol. The lowest BCUT2D eigenvalue weighted by atomic mass is 10.4. The number of halogens is 1. The van der Waals surface area contributed by atoms with Crippen molar-refractivity contribution in [3.8, 4) is 0 Å². The lowest BCUT2D eigenvalue weighted by Gasteiger charge is -1.95. The molecule has 5 nitrogen and oxygen atoms in total. The maximum absolute atomic E-state index is 10.7. The van der Waals surface area contributed by atoms with Crippen LogP contribution in [0.1, 0.15) is 5.82 Å². The molecule has 0 aromatic carbocycles. The molecule has 0 unspecified atom stereocenters. The summed E-state index contributed by atoms with van der Waals surface area (Å²) in [6.07, 6.45) is 0.490. The average molecular weight is 175 g/mol. The molecule has 0 aliphatic heterocycles. The maximum Gasteiger partial charge on any atom is 0.349 e. The van der Waals surface area contributed by atoms with E-state index in [0.717, 1.165) is 0 Å². The first-order chi connectivity index (χ1) is 5.22. The fraction of sp³-hybridized carbons (Fsp3) is 0.400. The van der Waals surface area contributed by atoms with Gasteiger partial charge in [-0.3, -0.25) is 4.98 Å². The predicted octanol–water partition coefficient (Wildman–Crippen LogP) is -0.472. The van der Waals surface area contributed by atoms with Crippen molar-refractivity contribution >= 4 is 17.5 Å². The number of anilines is 1. The van der Waals surface area contributed by atoms with Gasteiger partial charge in [-0.1, -0.05) is 0 Å². The first-order valence-corrected chi connectivity index (χ1v) is 3.54. The van der Waals surface area contributed by atoms with Gasteiger partial charge in [-0.2, -0.15) is 9.97 Å². The normalized spacial score (nSPS) is 9.91. The van der Waals surface area contributed by atoms with Crippen molar-refractivity contribution in [2.75, 3.05) is 11.6 Å². The highest BCUT2D eigenvalue weighted by Crippen LogP contribution is 1.91. The van der Waals surface area contributed by atoms with E-state index in [1.807, 2.05) is 0 Å². The quantitative estimate of drug-likeness (QED) is 0.594. The van der Waals surface area contributed by atoms with E-state index in [9.17, 15) is 4.79 Å². The topological polar surface area (TPSA) is 84.7 Å². The van der Waals surface area contributed by atoms with E-state index in [1.165, 1.54) is 0 Å². The van der Waals surface area contributed by atoms with Crippen molar-refractivity contribution in [2.24, 2.45) is 0 Å². The van der Waals surface area contributed by atoms with Crippen LogP contribution in [0.25, 0.3) is 0 Å². The van der Waals surface area contributed by atoms with Crippen LogP contribution in [0.15, 0.2) is 4.79 Å². The molecule has 60 valence electrons. The molecule has 1 heterocycles. The zero-order valence-electron chi connectivity index (χ0n) is 5.67. The highest BCUT2D eigenvalue weighted by Gasteiger charge is 1.97. The average Bonchev–Trinajstić information content (AvgIpc) is 1.85. The Morgan fingerprint density at radius 1 is 1.55 bits per heavy atom. The Hall–Kier alpha value is -1.10. The number of nitrogens with zero attached hydrogens (tertiary/aromatic N) is 2. The standard InChI is InChI=1S/C5H7ClN4O/c6-2-1-3-8-4(7)10-5(11)9-3/h1-2H2,(H3,7,8,9,10,11). The number of aryl methyl sites for hydroxylation is 1. The molecule has 11 heavy (non-hydrogen) atoms. The molecule has 0 saturated carbocycles. The molecule has 0 atom stereocenters. The van der Waals surface area contributed by atoms with Crippen molar-refractivity contribution in [1.29, 1.82) is 0 Å². The van der Waals surface area contributed by atoms with Crippen LogP contribution in [0.3, 0.4) is 0 Å². The largest absolute Gasteiger partial charge is 0.368 e. The van der Waals surface area contributed by atoms with Crippen molar-refractivity contribution in [3.63, 3.8) is 0 Å². The lowest BCUT2D eigenvalue weighted by Crippen LogP contribution is -2.17. The van der Waals surface area contributed by atoms with E-state index in [0.29, 0.717) is 18.1 Å². The van der Waals surface area contributed by atoms with Gasteiger partial charge in [0, 0.05) is 12.3 Å². The zero-order valence-corrected chi connectivity index (χ0v) is 6.43. The number of nitrogens with one attached hydrogen (secondary N) is 1. The van der Waals surface area contributed by atoms with Gasteiger partial charge in [0.2, 0.25) is 5.95 Å². The summed E-state index contributed by atoms with van der Waals surface area (Å²) in [5.74, 6) is 0.846. The van der Waals surface area contributed by atoms with Gasteiger partial charge in [-0.15, -0.1) is 11.6 Å². The van der Waals surface area contributed by atoms with Crippen LogP contribution in [0.5, 0.6) is 0 Å². The summed E-state index contributed by atoms with van der Waals surface area (Å²) < 4.78 is 0. The summed E-state index contributed by atoms with van der Waals surface area (Å²) in [5.41, 5.74) is 4.72. The molecule has 0 radical (unpaired) electrons. The molecule has 1 rings (SSSR count). The summed E-state index contributed by atoms with van der Waals surface area (Å²) in [4.78, 5) is 20.1. The minimum Gasteiger partial charge on any atom is -0.368 e. The molecule has 1 aromatic rings. The summed E-state index contributed by atoms with van der Waals surface area (Å²) in [6, 6.07) is 0. The second-order valence-electron chi connectivity index (χ2n) is 1.90. The van der Waals surface area contributed by atoms with Crippen LogP contribution >= 0.6 is 11.6 Å². The van der Waals surface area contributed by atoms with Gasteiger partial charge >= 0.3 is 5.69 Å². The van der Waals surface area contributed by atoms with Gasteiger partial charge in [0.1, 0.15) is 5.82 Å². The Kier molecular flexibility index (Phi) is 2.43. The van der Waals surface area contributed by atoms with Gasteiger partial charge in [0.15, 0.2) is 0 Å². The number of H-pyrrole nitrogens is 1. The number of alkyl halides is 1. The molecule has 6 heteroatoms. The zero-order chi connectivity index (χ0) is 8.27. The van der Waals surface area contributed by atoms with E-state index in [2.05, 4.69) is 15.0 Å². The van der Waals surface area contributed by atoms with Crippen LogP contribution in [-0.2, 0) is 6.42 Å². The maximum atomic E-state index is 10.7.